The smallest absolute Gasteiger partial charge is 0.0692 e. The van der Waals surface area contributed by atoms with Gasteiger partial charge in [0.05, 0.1) is 6.04 Å². The second kappa shape index (κ2) is 3.55. The van der Waals surface area contributed by atoms with E-state index in [9.17, 15) is 0 Å². The first-order chi connectivity index (χ1) is 3.66. The maximum atomic E-state index is 6.57. The van der Waals surface area contributed by atoms with Crippen LogP contribution in [0.5, 0.6) is 0 Å². The van der Waals surface area contributed by atoms with Gasteiger partial charge in [0.25, 0.3) is 0 Å². The molecule has 0 aromatic heterocycles. The average Bonchev–Trinajstić information content (AvgIpc) is 1.65. The van der Waals surface area contributed by atoms with Crippen LogP contribution in [0.15, 0.2) is 5.11 Å². The molecule has 0 aliphatic heterocycles. The van der Waals surface area contributed by atoms with Crippen LogP contribution in [0.2, 0.25) is 0 Å². The van der Waals surface area contributed by atoms with E-state index >= 15 is 0 Å². The lowest BCUT2D eigenvalue weighted by atomic mass is 10.1. The summed E-state index contributed by atoms with van der Waals surface area (Å²) in [6.07, 6.45) is 0.809. The molecular weight excluding hydrogens is 102 g/mol. The van der Waals surface area contributed by atoms with Crippen molar-refractivity contribution in [3.05, 3.63) is 0 Å². The van der Waals surface area contributed by atoms with E-state index in [4.69, 9.17) is 11.3 Å². The molecule has 3 heteroatoms. The molecule has 8 heavy (non-hydrogen) atoms. The maximum absolute atomic E-state index is 6.57. The largest absolute Gasteiger partial charge is 0.328 e. The number of nitrogens with one attached hydrogen (secondary N) is 1. The van der Waals surface area contributed by atoms with Crippen LogP contribution in [0.1, 0.15) is 20.3 Å². The SMILES string of the molecule is CC(N)CC(C)N=N. The zero-order valence-electron chi connectivity index (χ0n) is 5.39. The van der Waals surface area contributed by atoms with Crippen LogP contribution in [0, 0.1) is 5.53 Å². The van der Waals surface area contributed by atoms with E-state index in [2.05, 4.69) is 5.11 Å². The van der Waals surface area contributed by atoms with Gasteiger partial charge in [0.2, 0.25) is 0 Å². The number of nitrogens with zero attached hydrogens (tertiary/aromatic N) is 1. The van der Waals surface area contributed by atoms with Crippen molar-refractivity contribution in [2.75, 3.05) is 0 Å². The highest BCUT2D eigenvalue weighted by Gasteiger charge is 2.00. The topological polar surface area (TPSA) is 62.2 Å². The first-order valence-electron chi connectivity index (χ1n) is 2.79. The fourth-order valence-electron chi connectivity index (χ4n) is 0.591. The Morgan fingerprint density at radius 3 is 2.25 bits per heavy atom. The lowest BCUT2D eigenvalue weighted by molar-refractivity contribution is 0.555. The van der Waals surface area contributed by atoms with Crippen LogP contribution in [0.3, 0.4) is 0 Å². The third-order valence-corrected chi connectivity index (χ3v) is 0.933. The van der Waals surface area contributed by atoms with Crippen LogP contribution in [0.4, 0.5) is 0 Å². The molecule has 0 saturated heterocycles. The van der Waals surface area contributed by atoms with Gasteiger partial charge in [-0.2, -0.15) is 5.11 Å². The molecule has 3 nitrogen and oxygen atoms in total. The molecule has 0 aliphatic rings. The van der Waals surface area contributed by atoms with Gasteiger partial charge in [-0.3, -0.25) is 0 Å². The van der Waals surface area contributed by atoms with Gasteiger partial charge in [0, 0.05) is 6.04 Å². The van der Waals surface area contributed by atoms with Crippen molar-refractivity contribution in [3.8, 4) is 0 Å². The van der Waals surface area contributed by atoms with Crippen LogP contribution in [0.25, 0.3) is 0 Å². The van der Waals surface area contributed by atoms with E-state index in [1.54, 1.807) is 0 Å². The van der Waals surface area contributed by atoms with E-state index in [1.807, 2.05) is 13.8 Å². The highest BCUT2D eigenvalue weighted by atomic mass is 15.0. The van der Waals surface area contributed by atoms with E-state index < -0.39 is 0 Å². The minimum atomic E-state index is 0.0926. The van der Waals surface area contributed by atoms with Crippen molar-refractivity contribution in [3.63, 3.8) is 0 Å². The molecule has 0 spiro atoms. The second-order valence-corrected chi connectivity index (χ2v) is 2.19. The number of rotatable bonds is 3. The maximum Gasteiger partial charge on any atom is 0.0692 e. The van der Waals surface area contributed by atoms with Gasteiger partial charge in [0.15, 0.2) is 0 Å². The zero-order chi connectivity index (χ0) is 6.57. The Bertz CT molecular complexity index is 70.1. The monoisotopic (exact) mass is 115 g/mol. The third-order valence-electron chi connectivity index (χ3n) is 0.933. The third kappa shape index (κ3) is 3.74. The first kappa shape index (κ1) is 7.56. The molecule has 2 unspecified atom stereocenters. The van der Waals surface area contributed by atoms with Crippen molar-refractivity contribution in [1.82, 2.24) is 0 Å². The summed E-state index contributed by atoms with van der Waals surface area (Å²) in [5.41, 5.74) is 12.0. The summed E-state index contributed by atoms with van der Waals surface area (Å²) in [6.45, 7) is 3.80. The van der Waals surface area contributed by atoms with Crippen LogP contribution < -0.4 is 5.73 Å². The van der Waals surface area contributed by atoms with Crippen LogP contribution in [-0.4, -0.2) is 12.1 Å². The minimum Gasteiger partial charge on any atom is -0.328 e. The molecule has 0 aromatic carbocycles. The Morgan fingerprint density at radius 2 is 2.12 bits per heavy atom. The summed E-state index contributed by atoms with van der Waals surface area (Å²) in [5, 5.41) is 3.30. The molecule has 0 aliphatic carbocycles. The molecule has 0 fully saturated rings. The predicted octanol–water partition coefficient (Wildman–Crippen LogP) is 1.14. The standard InChI is InChI=1S/C5H13N3/c1-4(6)3-5(2)8-7/h4-5,7H,3,6H2,1-2H3. The van der Waals surface area contributed by atoms with Crippen molar-refractivity contribution in [2.45, 2.75) is 32.4 Å². The van der Waals surface area contributed by atoms with E-state index in [0.717, 1.165) is 6.42 Å². The summed E-state index contributed by atoms with van der Waals surface area (Å²) < 4.78 is 0. The summed E-state index contributed by atoms with van der Waals surface area (Å²) in [5.74, 6) is 0. The molecule has 0 saturated carbocycles. The first-order valence-corrected chi connectivity index (χ1v) is 2.79. The molecule has 0 radical (unpaired) electrons. The molecule has 2 atom stereocenters. The summed E-state index contributed by atoms with van der Waals surface area (Å²) in [4.78, 5) is 0. The summed E-state index contributed by atoms with van der Waals surface area (Å²) in [6, 6.07) is 0.258. The normalized spacial score (nSPS) is 17.4. The van der Waals surface area contributed by atoms with E-state index in [0.29, 0.717) is 0 Å². The number of hydrogen-bond donors (Lipinski definition) is 2. The zero-order valence-corrected chi connectivity index (χ0v) is 5.39. The van der Waals surface area contributed by atoms with Crippen LogP contribution in [-0.2, 0) is 0 Å². The molecule has 3 N–H and O–H groups in total. The van der Waals surface area contributed by atoms with Gasteiger partial charge in [-0.05, 0) is 20.3 Å². The van der Waals surface area contributed by atoms with Gasteiger partial charge in [0.1, 0.15) is 0 Å². The average molecular weight is 115 g/mol. The molecular formula is C5H13N3. The van der Waals surface area contributed by atoms with Gasteiger partial charge >= 0.3 is 0 Å². The molecule has 0 bridgehead atoms. The van der Waals surface area contributed by atoms with E-state index in [1.165, 1.54) is 0 Å². The molecule has 0 rings (SSSR count). The quantitative estimate of drug-likeness (QED) is 0.532. The predicted molar refractivity (Wildman–Crippen MR) is 32.9 cm³/mol. The van der Waals surface area contributed by atoms with Crippen molar-refractivity contribution in [1.29, 1.82) is 5.53 Å². The number of hydrogen-bond acceptors (Lipinski definition) is 3. The van der Waals surface area contributed by atoms with Crippen molar-refractivity contribution < 1.29 is 0 Å². The lowest BCUT2D eigenvalue weighted by Crippen LogP contribution is -2.19. The summed E-state index contributed by atoms with van der Waals surface area (Å²) >= 11 is 0. The Morgan fingerprint density at radius 1 is 1.62 bits per heavy atom. The van der Waals surface area contributed by atoms with E-state index in [-0.39, 0.29) is 12.1 Å². The Kier molecular flexibility index (Phi) is 3.35. The molecule has 48 valence electrons. The van der Waals surface area contributed by atoms with Crippen molar-refractivity contribution in [2.24, 2.45) is 10.8 Å². The van der Waals surface area contributed by atoms with Crippen LogP contribution >= 0.6 is 0 Å². The van der Waals surface area contributed by atoms with Gasteiger partial charge in [-0.1, -0.05) is 0 Å². The molecule has 0 heterocycles. The lowest BCUT2D eigenvalue weighted by Gasteiger charge is -2.05. The fourth-order valence-corrected chi connectivity index (χ4v) is 0.591. The fraction of sp³-hybridized carbons (Fsp3) is 1.00. The highest BCUT2D eigenvalue weighted by molar-refractivity contribution is 4.62. The van der Waals surface area contributed by atoms with Gasteiger partial charge < -0.3 is 5.73 Å². The Hall–Kier alpha value is -0.440. The minimum absolute atomic E-state index is 0.0926. The molecule has 0 aromatic rings. The Labute approximate surface area is 49.8 Å². The van der Waals surface area contributed by atoms with Gasteiger partial charge in [-0.25, -0.2) is 5.53 Å². The highest BCUT2D eigenvalue weighted by Crippen LogP contribution is 1.97. The van der Waals surface area contributed by atoms with Gasteiger partial charge in [-0.15, -0.1) is 0 Å². The second-order valence-electron chi connectivity index (χ2n) is 2.19. The number of nitrogens with two attached hydrogens (primary N) is 1. The molecule has 0 amide bonds. The summed E-state index contributed by atoms with van der Waals surface area (Å²) in [7, 11) is 0. The Balaban J connectivity index is 3.23. The van der Waals surface area contributed by atoms with Crippen molar-refractivity contribution >= 4 is 0 Å².